The van der Waals surface area contributed by atoms with Gasteiger partial charge in [-0.3, -0.25) is 4.79 Å². The number of rotatable bonds is 7. The minimum absolute atomic E-state index is 0.0574. The number of nitrogens with one attached hydrogen (secondary N) is 1. The summed E-state index contributed by atoms with van der Waals surface area (Å²) in [5.74, 6) is 0.415. The van der Waals surface area contributed by atoms with Gasteiger partial charge in [0.25, 0.3) is 5.91 Å². The third kappa shape index (κ3) is 4.08. The van der Waals surface area contributed by atoms with E-state index in [-0.39, 0.29) is 11.9 Å². The highest BCUT2D eigenvalue weighted by Gasteiger charge is 2.50. The minimum Gasteiger partial charge on any atom is -0.477 e. The average molecular weight is 407 g/mol. The van der Waals surface area contributed by atoms with E-state index in [2.05, 4.69) is 25.2 Å². The lowest BCUT2D eigenvalue weighted by molar-refractivity contribution is -0.134. The van der Waals surface area contributed by atoms with E-state index < -0.39 is 6.10 Å². The van der Waals surface area contributed by atoms with Crippen LogP contribution in [0.2, 0.25) is 10.0 Å². The molecule has 0 saturated carbocycles. The number of amides is 1. The molecule has 4 nitrogen and oxygen atoms in total. The normalized spacial score (nSPS) is 19.1. The zero-order valence-corrected chi connectivity index (χ0v) is 17.3. The summed E-state index contributed by atoms with van der Waals surface area (Å²) in [6.45, 7) is 7.75. The van der Waals surface area contributed by atoms with E-state index in [9.17, 15) is 4.79 Å². The minimum atomic E-state index is -0.576. The molecule has 27 heavy (non-hydrogen) atoms. The van der Waals surface area contributed by atoms with Gasteiger partial charge in [0, 0.05) is 17.3 Å². The summed E-state index contributed by atoms with van der Waals surface area (Å²) in [5.41, 5.74) is 3.20. The SMILES string of the molecule is CCCNC[C@@H]1[C@@H](Oc2ccc(Cl)cc2Cl)C(=O)N1c1cccc(C)c1C. The maximum absolute atomic E-state index is 13.0. The molecule has 0 unspecified atom stereocenters. The van der Waals surface area contributed by atoms with Crippen LogP contribution in [0.5, 0.6) is 5.75 Å². The highest BCUT2D eigenvalue weighted by Crippen LogP contribution is 2.36. The molecule has 6 heteroatoms. The Bertz CT molecular complexity index is 841. The Morgan fingerprint density at radius 2 is 1.96 bits per heavy atom. The number of carbonyl (C=O) groups is 1. The fraction of sp³-hybridized carbons (Fsp3) is 0.381. The molecule has 1 N–H and O–H groups in total. The highest BCUT2D eigenvalue weighted by molar-refractivity contribution is 6.35. The maximum atomic E-state index is 13.0. The Labute approximate surface area is 170 Å². The second-order valence-corrected chi connectivity index (χ2v) is 7.66. The lowest BCUT2D eigenvalue weighted by Crippen LogP contribution is -2.70. The molecule has 1 fully saturated rings. The van der Waals surface area contributed by atoms with E-state index in [1.807, 2.05) is 24.0 Å². The number of nitrogens with zero attached hydrogens (tertiary/aromatic N) is 1. The van der Waals surface area contributed by atoms with E-state index in [1.165, 1.54) is 0 Å². The third-order valence-corrected chi connectivity index (χ3v) is 5.46. The van der Waals surface area contributed by atoms with Crippen LogP contribution in [0.3, 0.4) is 0 Å². The molecule has 1 amide bonds. The van der Waals surface area contributed by atoms with Crippen molar-refractivity contribution >= 4 is 34.8 Å². The number of aryl methyl sites for hydroxylation is 1. The smallest absolute Gasteiger partial charge is 0.270 e. The van der Waals surface area contributed by atoms with Crippen molar-refractivity contribution in [1.29, 1.82) is 0 Å². The van der Waals surface area contributed by atoms with Gasteiger partial charge in [-0.15, -0.1) is 0 Å². The van der Waals surface area contributed by atoms with Gasteiger partial charge in [-0.05, 0) is 62.2 Å². The third-order valence-electron chi connectivity index (χ3n) is 4.93. The second-order valence-electron chi connectivity index (χ2n) is 6.81. The molecule has 3 rings (SSSR count). The van der Waals surface area contributed by atoms with Gasteiger partial charge in [0.05, 0.1) is 11.1 Å². The van der Waals surface area contributed by atoms with Gasteiger partial charge in [0.2, 0.25) is 0 Å². The topological polar surface area (TPSA) is 41.6 Å². The van der Waals surface area contributed by atoms with Crippen molar-refractivity contribution in [3.8, 4) is 5.75 Å². The first-order valence-electron chi connectivity index (χ1n) is 9.15. The van der Waals surface area contributed by atoms with E-state index in [1.54, 1.807) is 18.2 Å². The van der Waals surface area contributed by atoms with Crippen LogP contribution in [-0.4, -0.2) is 31.1 Å². The Morgan fingerprint density at radius 3 is 2.67 bits per heavy atom. The van der Waals surface area contributed by atoms with Gasteiger partial charge in [0.1, 0.15) is 5.75 Å². The van der Waals surface area contributed by atoms with Crippen molar-refractivity contribution in [2.45, 2.75) is 39.3 Å². The van der Waals surface area contributed by atoms with E-state index in [0.29, 0.717) is 22.3 Å². The number of β-lactam (4-membered cyclic amide) rings is 1. The van der Waals surface area contributed by atoms with Crippen molar-refractivity contribution in [1.82, 2.24) is 5.32 Å². The molecule has 1 aliphatic rings. The van der Waals surface area contributed by atoms with Crippen LogP contribution in [0, 0.1) is 13.8 Å². The zero-order valence-electron chi connectivity index (χ0n) is 15.8. The summed E-state index contributed by atoms with van der Waals surface area (Å²) in [6, 6.07) is 10.9. The van der Waals surface area contributed by atoms with Crippen LogP contribution in [0.15, 0.2) is 36.4 Å². The van der Waals surface area contributed by atoms with Gasteiger partial charge in [-0.25, -0.2) is 0 Å². The Morgan fingerprint density at radius 1 is 1.19 bits per heavy atom. The van der Waals surface area contributed by atoms with Crippen molar-refractivity contribution in [2.75, 3.05) is 18.0 Å². The predicted octanol–water partition coefficient (Wildman–Crippen LogP) is 4.77. The Hall–Kier alpha value is -1.75. The zero-order chi connectivity index (χ0) is 19.6. The van der Waals surface area contributed by atoms with Crippen LogP contribution < -0.4 is 15.0 Å². The summed E-state index contributed by atoms with van der Waals surface area (Å²) in [4.78, 5) is 14.8. The molecule has 2 atom stereocenters. The number of hydrogen-bond acceptors (Lipinski definition) is 3. The number of hydrogen-bond donors (Lipinski definition) is 1. The Balaban J connectivity index is 1.85. The van der Waals surface area contributed by atoms with Gasteiger partial charge < -0.3 is 15.0 Å². The first-order valence-corrected chi connectivity index (χ1v) is 9.91. The van der Waals surface area contributed by atoms with Gasteiger partial charge in [0.15, 0.2) is 6.10 Å². The molecular formula is C21H24Cl2N2O2. The molecule has 0 bridgehead atoms. The second kappa shape index (κ2) is 8.51. The summed E-state index contributed by atoms with van der Waals surface area (Å²) in [6.07, 6.45) is 0.450. The lowest BCUT2D eigenvalue weighted by atomic mass is 9.94. The first-order chi connectivity index (χ1) is 12.9. The molecule has 0 spiro atoms. The lowest BCUT2D eigenvalue weighted by Gasteiger charge is -2.47. The van der Waals surface area contributed by atoms with Crippen molar-refractivity contribution in [2.24, 2.45) is 0 Å². The van der Waals surface area contributed by atoms with E-state index >= 15 is 0 Å². The molecule has 2 aromatic rings. The van der Waals surface area contributed by atoms with Gasteiger partial charge >= 0.3 is 0 Å². The molecule has 0 aliphatic carbocycles. The first kappa shape index (κ1) is 20.0. The van der Waals surface area contributed by atoms with Crippen LogP contribution >= 0.6 is 23.2 Å². The summed E-state index contributed by atoms with van der Waals surface area (Å²) in [7, 11) is 0. The van der Waals surface area contributed by atoms with Crippen LogP contribution in [0.1, 0.15) is 24.5 Å². The van der Waals surface area contributed by atoms with Crippen molar-refractivity contribution in [3.63, 3.8) is 0 Å². The van der Waals surface area contributed by atoms with E-state index in [4.69, 9.17) is 27.9 Å². The molecular weight excluding hydrogens is 383 g/mol. The Kier molecular flexibility index (Phi) is 6.30. The monoisotopic (exact) mass is 406 g/mol. The molecule has 1 aliphatic heterocycles. The average Bonchev–Trinajstić information content (AvgIpc) is 2.63. The van der Waals surface area contributed by atoms with Crippen LogP contribution in [0.4, 0.5) is 5.69 Å². The number of anilines is 1. The van der Waals surface area contributed by atoms with E-state index in [0.717, 1.165) is 29.8 Å². The fourth-order valence-corrected chi connectivity index (χ4v) is 3.73. The van der Waals surface area contributed by atoms with Crippen molar-refractivity contribution < 1.29 is 9.53 Å². The fourth-order valence-electron chi connectivity index (χ4n) is 3.27. The highest BCUT2D eigenvalue weighted by atomic mass is 35.5. The standard InChI is InChI=1S/C21H24Cl2N2O2/c1-4-10-24-12-18-20(27-19-9-8-15(22)11-16(19)23)21(26)25(18)17-7-5-6-13(2)14(17)3/h5-9,11,18,20,24H,4,10,12H2,1-3H3/t18-,20-/m1/s1. The summed E-state index contributed by atoms with van der Waals surface area (Å²) in [5, 5.41) is 4.34. The quantitative estimate of drug-likeness (QED) is 0.531. The predicted molar refractivity (Wildman–Crippen MR) is 111 cm³/mol. The molecule has 0 radical (unpaired) electrons. The summed E-state index contributed by atoms with van der Waals surface area (Å²) >= 11 is 12.2. The molecule has 0 aromatic heterocycles. The van der Waals surface area contributed by atoms with Crippen LogP contribution in [0.25, 0.3) is 0 Å². The molecule has 2 aromatic carbocycles. The number of benzene rings is 2. The molecule has 1 saturated heterocycles. The molecule has 1 heterocycles. The van der Waals surface area contributed by atoms with Crippen molar-refractivity contribution in [3.05, 3.63) is 57.6 Å². The number of halogens is 2. The number of carbonyl (C=O) groups excluding carboxylic acids is 1. The van der Waals surface area contributed by atoms with Gasteiger partial charge in [-0.2, -0.15) is 0 Å². The number of ether oxygens (including phenoxy) is 1. The largest absolute Gasteiger partial charge is 0.477 e. The van der Waals surface area contributed by atoms with Crippen LogP contribution in [-0.2, 0) is 4.79 Å². The molecule has 144 valence electrons. The summed E-state index contributed by atoms with van der Waals surface area (Å²) < 4.78 is 5.99. The maximum Gasteiger partial charge on any atom is 0.270 e. The van der Waals surface area contributed by atoms with Gasteiger partial charge in [-0.1, -0.05) is 42.3 Å².